The van der Waals surface area contributed by atoms with Crippen molar-refractivity contribution in [3.63, 3.8) is 0 Å². The fraction of sp³-hybridized carbons (Fsp3) is 0.310. The van der Waals surface area contributed by atoms with E-state index in [1.54, 1.807) is 31.2 Å². The van der Waals surface area contributed by atoms with Crippen molar-refractivity contribution in [1.29, 1.82) is 0 Å². The van der Waals surface area contributed by atoms with E-state index < -0.39 is 28.5 Å². The van der Waals surface area contributed by atoms with Crippen molar-refractivity contribution in [2.24, 2.45) is 0 Å². The third-order valence-electron chi connectivity index (χ3n) is 6.44. The number of sulfonamides is 1. The maximum Gasteiger partial charge on any atom is 0.264 e. The molecular weight excluding hydrogens is 518 g/mol. The second-order valence-electron chi connectivity index (χ2n) is 8.98. The number of carbonyl (C=O) groups is 2. The van der Waals surface area contributed by atoms with Crippen LogP contribution in [-0.2, 0) is 26.0 Å². The lowest BCUT2D eigenvalue weighted by Gasteiger charge is -2.31. The number of ether oxygens (including phenoxy) is 2. The molecule has 3 rings (SSSR count). The molecule has 0 aliphatic rings. The second kappa shape index (κ2) is 13.1. The Labute approximate surface area is 230 Å². The standard InChI is InChI=1S/C29H35N3O6S/c1-21-11-13-24(14-12-21)32(39(35,36)25-15-16-26(37-4)27(19-25)38-5)20-28(33)31(22(2)29(34)30-3)18-17-23-9-7-6-8-10-23/h6-16,19,22H,17-18,20H2,1-5H3,(H,30,34)/t22-/m1/s1. The normalized spacial score (nSPS) is 11.8. The minimum atomic E-state index is -4.22. The van der Waals surface area contributed by atoms with E-state index in [1.807, 2.05) is 37.3 Å². The first-order chi connectivity index (χ1) is 18.6. The van der Waals surface area contributed by atoms with Crippen LogP contribution < -0.4 is 19.1 Å². The van der Waals surface area contributed by atoms with E-state index in [9.17, 15) is 18.0 Å². The van der Waals surface area contributed by atoms with E-state index in [2.05, 4.69) is 5.32 Å². The van der Waals surface area contributed by atoms with Gasteiger partial charge >= 0.3 is 0 Å². The zero-order valence-corrected chi connectivity index (χ0v) is 23.7. The topological polar surface area (TPSA) is 105 Å². The molecule has 0 saturated heterocycles. The van der Waals surface area contributed by atoms with Gasteiger partial charge in [0, 0.05) is 19.7 Å². The Morgan fingerprint density at radius 3 is 2.15 bits per heavy atom. The Hall–Kier alpha value is -4.05. The van der Waals surface area contributed by atoms with Gasteiger partial charge in [-0.1, -0.05) is 48.0 Å². The summed E-state index contributed by atoms with van der Waals surface area (Å²) in [6.07, 6.45) is 0.501. The summed E-state index contributed by atoms with van der Waals surface area (Å²) in [6, 6.07) is 19.9. The summed E-state index contributed by atoms with van der Waals surface area (Å²) >= 11 is 0. The average molecular weight is 554 g/mol. The lowest BCUT2D eigenvalue weighted by Crippen LogP contribution is -2.51. The van der Waals surface area contributed by atoms with Gasteiger partial charge < -0.3 is 19.7 Å². The molecule has 0 heterocycles. The first-order valence-electron chi connectivity index (χ1n) is 12.5. The number of nitrogens with one attached hydrogen (secondary N) is 1. The molecule has 0 aliphatic carbocycles. The summed E-state index contributed by atoms with van der Waals surface area (Å²) in [5.74, 6) is -0.236. The molecule has 0 unspecified atom stereocenters. The van der Waals surface area contributed by atoms with Gasteiger partial charge in [-0.05, 0) is 50.1 Å². The number of benzene rings is 3. The minimum Gasteiger partial charge on any atom is -0.493 e. The Kier molecular flexibility index (Phi) is 9.95. The van der Waals surface area contributed by atoms with E-state index in [4.69, 9.17) is 9.47 Å². The van der Waals surface area contributed by atoms with Gasteiger partial charge in [0.15, 0.2) is 11.5 Å². The van der Waals surface area contributed by atoms with Gasteiger partial charge in [0.05, 0.1) is 24.8 Å². The van der Waals surface area contributed by atoms with Crippen LogP contribution in [0.1, 0.15) is 18.1 Å². The number of hydrogen-bond donors (Lipinski definition) is 1. The Morgan fingerprint density at radius 1 is 0.923 bits per heavy atom. The van der Waals surface area contributed by atoms with Gasteiger partial charge in [0.1, 0.15) is 12.6 Å². The molecule has 0 spiro atoms. The number of nitrogens with zero attached hydrogens (tertiary/aromatic N) is 2. The molecule has 1 atom stereocenters. The molecule has 9 nitrogen and oxygen atoms in total. The molecule has 2 amide bonds. The molecule has 39 heavy (non-hydrogen) atoms. The molecule has 0 saturated carbocycles. The van der Waals surface area contributed by atoms with Crippen LogP contribution in [0.5, 0.6) is 11.5 Å². The summed E-state index contributed by atoms with van der Waals surface area (Å²) in [4.78, 5) is 27.7. The fourth-order valence-electron chi connectivity index (χ4n) is 4.12. The Bertz CT molecular complexity index is 1380. The van der Waals surface area contributed by atoms with Gasteiger partial charge in [0.25, 0.3) is 10.0 Å². The summed E-state index contributed by atoms with van der Waals surface area (Å²) in [5.41, 5.74) is 2.25. The highest BCUT2D eigenvalue weighted by Crippen LogP contribution is 2.32. The third-order valence-corrected chi connectivity index (χ3v) is 8.21. The van der Waals surface area contributed by atoms with Gasteiger partial charge in [-0.25, -0.2) is 8.42 Å². The van der Waals surface area contributed by atoms with Crippen LogP contribution in [0.2, 0.25) is 0 Å². The molecule has 10 heteroatoms. The summed E-state index contributed by atoms with van der Waals surface area (Å²) < 4.78 is 39.5. The first-order valence-corrected chi connectivity index (χ1v) is 13.9. The highest BCUT2D eigenvalue weighted by Gasteiger charge is 2.32. The van der Waals surface area contributed by atoms with Crippen molar-refractivity contribution in [3.8, 4) is 11.5 Å². The van der Waals surface area contributed by atoms with Gasteiger partial charge in [-0.15, -0.1) is 0 Å². The van der Waals surface area contributed by atoms with Crippen LogP contribution >= 0.6 is 0 Å². The Morgan fingerprint density at radius 2 is 1.56 bits per heavy atom. The number of rotatable bonds is 12. The van der Waals surface area contributed by atoms with Crippen molar-refractivity contribution in [2.45, 2.75) is 31.2 Å². The van der Waals surface area contributed by atoms with Crippen LogP contribution in [0.3, 0.4) is 0 Å². The molecule has 1 N–H and O–H groups in total. The molecule has 208 valence electrons. The van der Waals surface area contributed by atoms with Gasteiger partial charge in [0.2, 0.25) is 11.8 Å². The molecule has 0 fully saturated rings. The zero-order valence-electron chi connectivity index (χ0n) is 22.9. The lowest BCUT2D eigenvalue weighted by molar-refractivity contribution is -0.138. The molecule has 3 aromatic carbocycles. The molecule has 0 bridgehead atoms. The van der Waals surface area contributed by atoms with Crippen molar-refractivity contribution in [2.75, 3.05) is 38.7 Å². The predicted molar refractivity (Wildman–Crippen MR) is 151 cm³/mol. The summed E-state index contributed by atoms with van der Waals surface area (Å²) in [6.45, 7) is 3.24. The van der Waals surface area contributed by atoms with E-state index in [1.165, 1.54) is 44.4 Å². The number of carbonyl (C=O) groups excluding carboxylic acids is 2. The van der Waals surface area contributed by atoms with E-state index >= 15 is 0 Å². The maximum atomic E-state index is 14.0. The van der Waals surface area contributed by atoms with Crippen LogP contribution in [-0.4, -0.2) is 65.5 Å². The van der Waals surface area contributed by atoms with E-state index in [-0.39, 0.29) is 23.1 Å². The van der Waals surface area contributed by atoms with Crippen LogP contribution in [0, 0.1) is 6.92 Å². The van der Waals surface area contributed by atoms with Crippen LogP contribution in [0.25, 0.3) is 0 Å². The highest BCUT2D eigenvalue weighted by molar-refractivity contribution is 7.92. The number of hydrogen-bond acceptors (Lipinski definition) is 6. The Balaban J connectivity index is 2.01. The van der Waals surface area contributed by atoms with Crippen molar-refractivity contribution >= 4 is 27.5 Å². The fourth-order valence-corrected chi connectivity index (χ4v) is 5.55. The zero-order chi connectivity index (χ0) is 28.6. The predicted octanol–water partition coefficient (Wildman–Crippen LogP) is 3.41. The number of aryl methyl sites for hydroxylation is 1. The summed E-state index contributed by atoms with van der Waals surface area (Å²) in [5, 5.41) is 2.58. The lowest BCUT2D eigenvalue weighted by atomic mass is 10.1. The minimum absolute atomic E-state index is 0.0660. The summed E-state index contributed by atoms with van der Waals surface area (Å²) in [7, 11) is 0.153. The monoisotopic (exact) mass is 553 g/mol. The van der Waals surface area contributed by atoms with Crippen molar-refractivity contribution in [3.05, 3.63) is 83.9 Å². The number of anilines is 1. The van der Waals surface area contributed by atoms with Crippen molar-refractivity contribution in [1.82, 2.24) is 10.2 Å². The number of amides is 2. The largest absolute Gasteiger partial charge is 0.493 e. The van der Waals surface area contributed by atoms with Gasteiger partial charge in [-0.3, -0.25) is 13.9 Å². The average Bonchev–Trinajstić information content (AvgIpc) is 2.96. The van der Waals surface area contributed by atoms with E-state index in [0.29, 0.717) is 17.9 Å². The van der Waals surface area contributed by atoms with Gasteiger partial charge in [-0.2, -0.15) is 0 Å². The SMILES string of the molecule is CNC(=O)[C@@H](C)N(CCc1ccccc1)C(=O)CN(c1ccc(C)cc1)S(=O)(=O)c1ccc(OC)c(OC)c1. The van der Waals surface area contributed by atoms with Crippen LogP contribution in [0.15, 0.2) is 77.7 Å². The first kappa shape index (κ1) is 29.5. The van der Waals surface area contributed by atoms with E-state index in [0.717, 1.165) is 15.4 Å². The number of likely N-dealkylation sites (N-methyl/N-ethyl adjacent to an activating group) is 1. The third kappa shape index (κ3) is 7.08. The van der Waals surface area contributed by atoms with Crippen molar-refractivity contribution < 1.29 is 27.5 Å². The van der Waals surface area contributed by atoms with Crippen LogP contribution in [0.4, 0.5) is 5.69 Å². The second-order valence-corrected chi connectivity index (χ2v) is 10.8. The number of methoxy groups -OCH3 is 2. The molecular formula is C29H35N3O6S. The smallest absolute Gasteiger partial charge is 0.264 e. The molecule has 0 aliphatic heterocycles. The molecule has 3 aromatic rings. The maximum absolute atomic E-state index is 14.0. The molecule has 0 radical (unpaired) electrons. The quantitative estimate of drug-likeness (QED) is 0.369. The molecule has 0 aromatic heterocycles. The highest BCUT2D eigenvalue weighted by atomic mass is 32.2.